The van der Waals surface area contributed by atoms with Gasteiger partial charge in [-0.1, -0.05) is 43.6 Å². The molecule has 0 saturated heterocycles. The van der Waals surface area contributed by atoms with Gasteiger partial charge in [0.2, 0.25) is 5.91 Å². The van der Waals surface area contributed by atoms with Crippen molar-refractivity contribution in [2.24, 2.45) is 11.8 Å². The molecule has 0 aliphatic rings. The van der Waals surface area contributed by atoms with E-state index in [4.69, 9.17) is 0 Å². The van der Waals surface area contributed by atoms with E-state index in [-0.39, 0.29) is 16.7 Å². The second-order valence-corrected chi connectivity index (χ2v) is 5.66. The quantitative estimate of drug-likeness (QED) is 0.730. The van der Waals surface area contributed by atoms with E-state index in [2.05, 4.69) is 21.2 Å². The first-order valence-corrected chi connectivity index (χ1v) is 6.36. The average molecular weight is 280 g/mol. The number of rotatable bonds is 6. The Hall–Kier alpha value is -0.0900. The maximum absolute atomic E-state index is 11.5. The first-order chi connectivity index (χ1) is 6.84. The van der Waals surface area contributed by atoms with E-state index in [1.165, 1.54) is 0 Å². The molecule has 0 heterocycles. The average Bonchev–Trinajstić information content (AvgIpc) is 2.11. The number of nitrogens with one attached hydrogen (secondary N) is 1. The molecule has 3 nitrogen and oxygen atoms in total. The molecule has 2 N–H and O–H groups in total. The molecule has 0 spiro atoms. The van der Waals surface area contributed by atoms with Crippen LogP contribution in [-0.2, 0) is 4.79 Å². The van der Waals surface area contributed by atoms with Gasteiger partial charge >= 0.3 is 0 Å². The maximum Gasteiger partial charge on any atom is 0.234 e. The highest BCUT2D eigenvalue weighted by Crippen LogP contribution is 2.11. The van der Waals surface area contributed by atoms with Crippen LogP contribution in [0, 0.1) is 11.8 Å². The van der Waals surface area contributed by atoms with Crippen molar-refractivity contribution in [1.29, 1.82) is 0 Å². The van der Waals surface area contributed by atoms with Crippen LogP contribution in [-0.4, -0.2) is 28.5 Å². The van der Waals surface area contributed by atoms with Crippen LogP contribution in [0.5, 0.6) is 0 Å². The van der Waals surface area contributed by atoms with Crippen molar-refractivity contribution in [2.45, 2.75) is 45.0 Å². The van der Waals surface area contributed by atoms with Gasteiger partial charge in [0.05, 0.1) is 10.9 Å². The van der Waals surface area contributed by atoms with Crippen LogP contribution >= 0.6 is 15.9 Å². The molecule has 90 valence electrons. The summed E-state index contributed by atoms with van der Waals surface area (Å²) in [4.78, 5) is 11.3. The third-order valence-corrected chi connectivity index (χ3v) is 3.56. The maximum atomic E-state index is 11.5. The highest BCUT2D eigenvalue weighted by atomic mass is 79.9. The van der Waals surface area contributed by atoms with E-state index in [1.807, 2.05) is 27.7 Å². The fourth-order valence-electron chi connectivity index (χ4n) is 1.25. The largest absolute Gasteiger partial charge is 0.391 e. The summed E-state index contributed by atoms with van der Waals surface area (Å²) >= 11 is 3.31. The molecule has 0 bridgehead atoms. The van der Waals surface area contributed by atoms with E-state index in [9.17, 15) is 9.90 Å². The number of aliphatic hydroxyl groups is 1. The molecule has 0 aromatic carbocycles. The van der Waals surface area contributed by atoms with Crippen molar-refractivity contribution in [3.63, 3.8) is 0 Å². The molecule has 0 aliphatic heterocycles. The van der Waals surface area contributed by atoms with Gasteiger partial charge in [0.25, 0.3) is 0 Å². The number of amides is 1. The number of alkyl halides is 1. The van der Waals surface area contributed by atoms with Crippen molar-refractivity contribution in [3.05, 3.63) is 0 Å². The molecular formula is C11H22BrNO2. The van der Waals surface area contributed by atoms with Crippen LogP contribution in [0.25, 0.3) is 0 Å². The topological polar surface area (TPSA) is 49.3 Å². The predicted octanol–water partition coefficient (Wildman–Crippen LogP) is 1.93. The lowest BCUT2D eigenvalue weighted by molar-refractivity contribution is -0.121. The zero-order valence-corrected chi connectivity index (χ0v) is 11.5. The number of hydrogen-bond donors (Lipinski definition) is 2. The van der Waals surface area contributed by atoms with Crippen LogP contribution < -0.4 is 5.32 Å². The minimum atomic E-state index is -0.444. The Bertz CT molecular complexity index is 195. The Kier molecular flexibility index (Phi) is 7.18. The molecule has 0 aromatic rings. The second-order valence-electron chi connectivity index (χ2n) is 4.67. The van der Waals surface area contributed by atoms with E-state index >= 15 is 0 Å². The van der Waals surface area contributed by atoms with Crippen LogP contribution in [0.3, 0.4) is 0 Å². The Morgan fingerprint density at radius 1 is 1.33 bits per heavy atom. The van der Waals surface area contributed by atoms with E-state index in [0.717, 1.165) is 6.42 Å². The van der Waals surface area contributed by atoms with Gasteiger partial charge in [-0.2, -0.15) is 0 Å². The van der Waals surface area contributed by atoms with Gasteiger partial charge < -0.3 is 10.4 Å². The molecule has 0 rings (SSSR count). The van der Waals surface area contributed by atoms with Crippen molar-refractivity contribution >= 4 is 21.8 Å². The van der Waals surface area contributed by atoms with E-state index < -0.39 is 6.10 Å². The number of carbonyl (C=O) groups excluding carboxylic acids is 1. The molecule has 15 heavy (non-hydrogen) atoms. The Balaban J connectivity index is 3.80. The second kappa shape index (κ2) is 7.23. The van der Waals surface area contributed by atoms with Crippen LogP contribution in [0.15, 0.2) is 0 Å². The molecule has 0 radical (unpaired) electrons. The Morgan fingerprint density at radius 3 is 2.27 bits per heavy atom. The van der Waals surface area contributed by atoms with Crippen molar-refractivity contribution in [1.82, 2.24) is 5.32 Å². The summed E-state index contributed by atoms with van der Waals surface area (Å²) in [6, 6.07) is 0. The molecule has 2 unspecified atom stereocenters. The molecule has 2 atom stereocenters. The zero-order chi connectivity index (χ0) is 12.0. The monoisotopic (exact) mass is 279 g/mol. The molecular weight excluding hydrogens is 258 g/mol. The highest BCUT2D eigenvalue weighted by molar-refractivity contribution is 9.10. The molecule has 0 aromatic heterocycles. The summed E-state index contributed by atoms with van der Waals surface area (Å²) in [6.07, 6.45) is 0.273. The summed E-state index contributed by atoms with van der Waals surface area (Å²) in [5, 5.41) is 12.3. The minimum absolute atomic E-state index is 0.0483. The van der Waals surface area contributed by atoms with Crippen LogP contribution in [0.4, 0.5) is 0 Å². The Labute approximate surface area is 101 Å². The summed E-state index contributed by atoms with van der Waals surface area (Å²) < 4.78 is 0. The first kappa shape index (κ1) is 14.9. The van der Waals surface area contributed by atoms with Gasteiger partial charge in [-0.15, -0.1) is 0 Å². The molecule has 4 heteroatoms. The van der Waals surface area contributed by atoms with Gasteiger partial charge in [0, 0.05) is 6.54 Å². The summed E-state index contributed by atoms with van der Waals surface area (Å²) in [7, 11) is 0. The van der Waals surface area contributed by atoms with Gasteiger partial charge in [-0.25, -0.2) is 0 Å². The van der Waals surface area contributed by atoms with Crippen molar-refractivity contribution in [3.8, 4) is 0 Å². The number of aliphatic hydroxyl groups excluding tert-OH is 1. The lowest BCUT2D eigenvalue weighted by atomic mass is 10.1. The van der Waals surface area contributed by atoms with Crippen LogP contribution in [0.1, 0.15) is 34.1 Å². The lowest BCUT2D eigenvalue weighted by Crippen LogP contribution is -2.38. The number of hydrogen-bond acceptors (Lipinski definition) is 2. The van der Waals surface area contributed by atoms with Crippen LogP contribution in [0.2, 0.25) is 0 Å². The van der Waals surface area contributed by atoms with Gasteiger partial charge in [0.1, 0.15) is 0 Å². The van der Waals surface area contributed by atoms with Gasteiger partial charge in [-0.05, 0) is 18.3 Å². The van der Waals surface area contributed by atoms with Crippen molar-refractivity contribution in [2.75, 3.05) is 6.54 Å². The smallest absolute Gasteiger partial charge is 0.234 e. The fourth-order valence-corrected chi connectivity index (χ4v) is 1.41. The minimum Gasteiger partial charge on any atom is -0.391 e. The molecule has 0 fully saturated rings. The first-order valence-electron chi connectivity index (χ1n) is 5.44. The SMILES string of the molecule is CC(C)CC(O)CNC(=O)C(Br)C(C)C. The summed E-state index contributed by atoms with van der Waals surface area (Å²) in [6.45, 7) is 8.39. The fraction of sp³-hybridized carbons (Fsp3) is 0.909. The number of carbonyl (C=O) groups is 1. The summed E-state index contributed by atoms with van der Waals surface area (Å²) in [5.74, 6) is 0.654. The standard InChI is InChI=1S/C11H22BrNO2/c1-7(2)5-9(14)6-13-11(15)10(12)8(3)4/h7-10,14H,5-6H2,1-4H3,(H,13,15). The van der Waals surface area contributed by atoms with Gasteiger partial charge in [0.15, 0.2) is 0 Å². The normalized spacial score (nSPS) is 15.5. The Morgan fingerprint density at radius 2 is 1.87 bits per heavy atom. The number of halogens is 1. The molecule has 0 aliphatic carbocycles. The zero-order valence-electron chi connectivity index (χ0n) is 9.96. The highest BCUT2D eigenvalue weighted by Gasteiger charge is 2.19. The molecule has 0 saturated carbocycles. The molecule has 1 amide bonds. The third kappa shape index (κ3) is 6.90. The van der Waals surface area contributed by atoms with Gasteiger partial charge in [-0.3, -0.25) is 4.79 Å². The van der Waals surface area contributed by atoms with E-state index in [1.54, 1.807) is 0 Å². The third-order valence-electron chi connectivity index (χ3n) is 2.09. The van der Waals surface area contributed by atoms with E-state index in [0.29, 0.717) is 12.5 Å². The van der Waals surface area contributed by atoms with Crippen molar-refractivity contribution < 1.29 is 9.90 Å². The summed E-state index contributed by atoms with van der Waals surface area (Å²) in [5.41, 5.74) is 0. The predicted molar refractivity (Wildman–Crippen MR) is 66.0 cm³/mol. The lowest BCUT2D eigenvalue weighted by Gasteiger charge is -2.17.